The Hall–Kier alpha value is -2.54. The molecule has 110 heavy (non-hydrogen) atoms. The number of phosphoric acid groups is 2. The van der Waals surface area contributed by atoms with E-state index in [1.54, 1.807) is 0 Å². The number of phosphoric ester groups is 2. The summed E-state index contributed by atoms with van der Waals surface area (Å²) in [4.78, 5) is 51.9. The van der Waals surface area contributed by atoms with E-state index in [1.165, 1.54) is 243 Å². The molecule has 0 spiro atoms. The lowest BCUT2D eigenvalue weighted by atomic mass is 10.0. The van der Waals surface area contributed by atoms with Gasteiger partial charge in [-0.25, -0.2) is 9.13 Å². The number of carbonyl (C=O) groups is 4. The van der Waals surface area contributed by atoms with Crippen molar-refractivity contribution in [1.29, 1.82) is 0 Å². The summed E-state index contributed by atoms with van der Waals surface area (Å²) in [7, 11) is -7.75. The van der Waals surface area contributed by atoms with E-state index in [9.17, 15) is 28.3 Å². The predicted molar refractivity (Wildman–Crippen MR) is 462 cm³/mol. The molecule has 652 valence electrons. The molecule has 0 saturated carbocycles. The number of nitrogens with one attached hydrogen (secondary N) is 4. The van der Waals surface area contributed by atoms with Crippen molar-refractivity contribution < 1.29 is 64.9 Å². The van der Waals surface area contributed by atoms with Gasteiger partial charge in [0.1, 0.15) is 0 Å². The summed E-state index contributed by atoms with van der Waals surface area (Å²) in [6.07, 6.45) is 69.5. The van der Waals surface area contributed by atoms with Gasteiger partial charge in [0.15, 0.2) is 0 Å². The van der Waals surface area contributed by atoms with E-state index in [-0.39, 0.29) is 95.1 Å². The Morgan fingerprint density at radius 1 is 0.282 bits per heavy atom. The first kappa shape index (κ1) is 110. The second-order valence-corrected chi connectivity index (χ2v) is 34.4. The zero-order valence-electron chi connectivity index (χ0n) is 72.6. The highest BCUT2D eigenvalue weighted by molar-refractivity contribution is 7.48. The molecular weight excluding hydrogens is 1420 g/mol. The van der Waals surface area contributed by atoms with Gasteiger partial charge in [0.2, 0.25) is 23.6 Å². The van der Waals surface area contributed by atoms with Crippen LogP contribution in [-0.2, 0) is 64.9 Å². The molecule has 0 aromatic heterocycles. The van der Waals surface area contributed by atoms with E-state index in [0.29, 0.717) is 58.2 Å². The fraction of sp³-hybridized carbons (Fsp3) is 0.910. The molecule has 4 amide bonds. The molecule has 19 nitrogen and oxygen atoms in total. The molecule has 21 heteroatoms. The number of nitrogens with two attached hydrogens (primary N) is 1. The molecule has 0 aromatic rings. The van der Waals surface area contributed by atoms with Crippen LogP contribution in [-0.4, -0.2) is 120 Å². The quantitative estimate of drug-likeness (QED) is 0.0216. The Labute approximate surface area is 677 Å². The first-order valence-corrected chi connectivity index (χ1v) is 48.9. The van der Waals surface area contributed by atoms with Crippen molar-refractivity contribution in [3.05, 3.63) is 25.3 Å². The average molecular weight is 1600 g/mol. The van der Waals surface area contributed by atoms with Gasteiger partial charge >= 0.3 is 15.6 Å². The summed E-state index contributed by atoms with van der Waals surface area (Å²) in [5.41, 5.74) is 5.57. The molecule has 2 unspecified atom stereocenters. The van der Waals surface area contributed by atoms with Crippen LogP contribution in [0.3, 0.4) is 0 Å². The third kappa shape index (κ3) is 78.0. The molecule has 0 rings (SSSR count). The summed E-state index contributed by atoms with van der Waals surface area (Å²) in [5.74, 6) is 0.0877. The van der Waals surface area contributed by atoms with Gasteiger partial charge in [0, 0.05) is 57.5 Å². The number of unbranched alkanes of at least 4 members (excludes halogenated alkanes) is 44. The predicted octanol–water partition coefficient (Wildman–Crippen LogP) is 24.7. The fourth-order valence-corrected chi connectivity index (χ4v) is 15.7. The minimum Gasteiger partial charge on any atom is -0.379 e. The van der Waals surface area contributed by atoms with Crippen LogP contribution < -0.4 is 27.0 Å². The summed E-state index contributed by atoms with van der Waals surface area (Å²) in [5, 5.41) is 12.7. The third-order valence-electron chi connectivity index (χ3n) is 20.1. The summed E-state index contributed by atoms with van der Waals surface area (Å²) >= 11 is 0. The van der Waals surface area contributed by atoms with Crippen molar-refractivity contribution in [1.82, 2.24) is 21.3 Å². The minimum atomic E-state index is -3.92. The monoisotopic (exact) mass is 1600 g/mol. The molecule has 0 fully saturated rings. The van der Waals surface area contributed by atoms with Crippen molar-refractivity contribution in [2.24, 2.45) is 5.73 Å². The Kier molecular flexibility index (Phi) is 85.4. The van der Waals surface area contributed by atoms with E-state index < -0.39 is 27.7 Å². The average Bonchev–Trinajstić information content (AvgIpc) is 0.892. The van der Waals surface area contributed by atoms with Gasteiger partial charge in [0.25, 0.3) is 0 Å². The first-order chi connectivity index (χ1) is 53.7. The van der Waals surface area contributed by atoms with E-state index >= 15 is 0 Å². The van der Waals surface area contributed by atoms with Crippen molar-refractivity contribution >= 4 is 39.3 Å². The van der Waals surface area contributed by atoms with Gasteiger partial charge in [-0.3, -0.25) is 46.3 Å². The van der Waals surface area contributed by atoms with Gasteiger partial charge in [-0.05, 0) is 57.8 Å². The maximum absolute atomic E-state index is 13.3. The molecule has 6 N–H and O–H groups in total. The Morgan fingerprint density at radius 3 is 0.764 bits per heavy atom. The van der Waals surface area contributed by atoms with Gasteiger partial charge in [-0.2, -0.15) is 0 Å². The van der Waals surface area contributed by atoms with E-state index in [1.807, 2.05) is 6.92 Å². The van der Waals surface area contributed by atoms with Crippen LogP contribution in [0.25, 0.3) is 0 Å². The number of ether oxygens (including phenoxy) is 2. The molecule has 0 aromatic carbocycles. The van der Waals surface area contributed by atoms with Crippen LogP contribution in [0.15, 0.2) is 25.3 Å². The molecule has 6 atom stereocenters. The molecule has 0 aliphatic rings. The third-order valence-corrected chi connectivity index (χ3v) is 22.9. The zero-order chi connectivity index (χ0) is 81.0. The second kappa shape index (κ2) is 85.8. The largest absolute Gasteiger partial charge is 0.475 e. The summed E-state index contributed by atoms with van der Waals surface area (Å²) < 4.78 is 71.6. The highest BCUT2D eigenvalue weighted by Gasteiger charge is 2.30. The number of rotatable bonds is 88. The maximum Gasteiger partial charge on any atom is 0.475 e. The number of amides is 4. The normalized spacial score (nSPS) is 13.7. The lowest BCUT2D eigenvalue weighted by Gasteiger charge is -2.23. The van der Waals surface area contributed by atoms with Gasteiger partial charge in [0.05, 0.1) is 64.9 Å². The smallest absolute Gasteiger partial charge is 0.379 e. The molecule has 0 saturated heterocycles. The molecule has 0 radical (unpaired) electrons. The van der Waals surface area contributed by atoms with Crippen molar-refractivity contribution in [3.63, 3.8) is 0 Å². The van der Waals surface area contributed by atoms with Gasteiger partial charge in [-0.1, -0.05) is 356 Å². The van der Waals surface area contributed by atoms with Crippen LogP contribution in [0.5, 0.6) is 0 Å². The molecule has 0 heterocycles. The Morgan fingerprint density at radius 2 is 0.518 bits per heavy atom. The SMILES string of the molecule is C=CCOP(=O)(OCCC)OC[C@@H](COCC[C@H](CCCCCCC)NC(=O)CCCCCCCCCCC)NC(=O)CCCCCCCCCCCCC.C=CCOP(=O)(OCCN)OC[C@@H](COCC[C@H](CCCCCCC)NC(=O)CCCCCCCCCCC)NC(=O)CCCCCCCCCCCCC. The maximum atomic E-state index is 13.3. The highest BCUT2D eigenvalue weighted by Crippen LogP contribution is 2.50. The van der Waals surface area contributed by atoms with Crippen molar-refractivity contribution in [2.45, 2.75) is 451 Å². The van der Waals surface area contributed by atoms with Gasteiger partial charge in [-0.15, -0.1) is 13.2 Å². The lowest BCUT2D eigenvalue weighted by Crippen LogP contribution is -2.42. The Balaban J connectivity index is 0. The van der Waals surface area contributed by atoms with E-state index in [4.69, 9.17) is 42.3 Å². The Bertz CT molecular complexity index is 1990. The lowest BCUT2D eigenvalue weighted by molar-refractivity contribution is -0.123. The number of carbonyl (C=O) groups excluding carboxylic acids is 4. The van der Waals surface area contributed by atoms with Crippen molar-refractivity contribution in [3.8, 4) is 0 Å². The van der Waals surface area contributed by atoms with E-state index in [0.717, 1.165) is 103 Å². The molecule has 0 bridgehead atoms. The molecule has 0 aliphatic carbocycles. The van der Waals surface area contributed by atoms with Crippen LogP contribution in [0, 0.1) is 0 Å². The minimum absolute atomic E-state index is 0.00544. The highest BCUT2D eigenvalue weighted by atomic mass is 31.2. The van der Waals surface area contributed by atoms with Crippen molar-refractivity contribution in [2.75, 3.05) is 72.6 Å². The summed E-state index contributed by atoms with van der Waals surface area (Å²) in [6, 6.07) is -1.00. The second-order valence-electron chi connectivity index (χ2n) is 31.0. The fourth-order valence-electron chi connectivity index (χ4n) is 13.3. The van der Waals surface area contributed by atoms with Crippen LogP contribution in [0.4, 0.5) is 0 Å². The molecular formula is C89H177N5O14P2. The first-order valence-electron chi connectivity index (χ1n) is 46.0. The topological polar surface area (TPSA) is 250 Å². The number of hydrogen-bond donors (Lipinski definition) is 5. The summed E-state index contributed by atoms with van der Waals surface area (Å²) in [6.45, 7) is 24.0. The van der Waals surface area contributed by atoms with E-state index in [2.05, 4.69) is 76.0 Å². The van der Waals surface area contributed by atoms with Crippen LogP contribution in [0.2, 0.25) is 0 Å². The van der Waals surface area contributed by atoms with Gasteiger partial charge < -0.3 is 36.5 Å². The zero-order valence-corrected chi connectivity index (χ0v) is 74.4. The van der Waals surface area contributed by atoms with Crippen LogP contribution in [0.1, 0.15) is 427 Å². The standard InChI is InChI=1S/C45H89N2O7P.C44H88N3O7P/c1-6-11-14-17-19-21-22-24-26-29-32-35-45(49)47-43(41-54-55(50,52-37-9-4)53-38-10-5)40-51-39-36-42(33-30-27-16-13-8-3)46-44(48)34-31-28-25-23-20-18-15-12-7-2;1-5-9-12-15-17-19-20-22-24-27-30-33-44(49)47-42(40-54-55(50,52-36-8-4)53-38-35-45)39-51-37-34-41(31-28-25-14-11-7-3)46-43(48)32-29-26-23-21-18-16-13-10-6-2/h9,42-43H,4,6-8,10-41H2,1-3,5H3,(H,46,48)(H,47,49);8,41-42H,4-7,9-40,45H2,1-3H3,(H,46,48)(H,47,49)/t42-,43+,55?;41-,42+,55?/m00/s1. The molecule has 0 aliphatic heterocycles. The van der Waals surface area contributed by atoms with Crippen LogP contribution >= 0.6 is 15.6 Å². The number of hydrogen-bond acceptors (Lipinski definition) is 15.